The standard InChI is InChI=1S/C20H25F2N3O3S/c1-4-12(3)28-20(27)17-13-7-5-6-8-15(13)29-19(17)23-16(26)10-25-11(2)9-14(24-25)18(21)22/h9,12,18H,4-8,10H2,1-3H3,(H,23,26). The molecule has 0 saturated carbocycles. The topological polar surface area (TPSA) is 73.2 Å². The van der Waals surface area contributed by atoms with E-state index < -0.39 is 18.3 Å². The van der Waals surface area contributed by atoms with Gasteiger partial charge in [-0.2, -0.15) is 5.10 Å². The lowest BCUT2D eigenvalue weighted by Gasteiger charge is -2.15. The number of amides is 1. The van der Waals surface area contributed by atoms with Crippen molar-refractivity contribution in [3.63, 3.8) is 0 Å². The van der Waals surface area contributed by atoms with Crippen LogP contribution in [-0.4, -0.2) is 27.8 Å². The van der Waals surface area contributed by atoms with Gasteiger partial charge in [0.15, 0.2) is 0 Å². The second kappa shape index (κ2) is 9.02. The molecule has 1 N–H and O–H groups in total. The first-order valence-corrected chi connectivity index (χ1v) is 10.6. The molecule has 9 heteroatoms. The van der Waals surface area contributed by atoms with Crippen molar-refractivity contribution in [3.05, 3.63) is 33.5 Å². The molecule has 2 aromatic rings. The maximum Gasteiger partial charge on any atom is 0.341 e. The predicted octanol–water partition coefficient (Wildman–Crippen LogP) is 4.66. The lowest BCUT2D eigenvalue weighted by Crippen LogP contribution is -2.22. The third kappa shape index (κ3) is 4.83. The summed E-state index contributed by atoms with van der Waals surface area (Å²) in [6.07, 6.45) is 1.48. The minimum absolute atomic E-state index is 0.207. The van der Waals surface area contributed by atoms with Crippen molar-refractivity contribution in [2.75, 3.05) is 5.32 Å². The first kappa shape index (κ1) is 21.4. The Bertz CT molecular complexity index is 907. The van der Waals surface area contributed by atoms with Crippen molar-refractivity contribution in [3.8, 4) is 0 Å². The van der Waals surface area contributed by atoms with Gasteiger partial charge in [-0.3, -0.25) is 9.48 Å². The fraction of sp³-hybridized carbons (Fsp3) is 0.550. The molecule has 3 rings (SSSR count). The number of thiophene rings is 1. The van der Waals surface area contributed by atoms with Crippen molar-refractivity contribution >= 4 is 28.2 Å². The van der Waals surface area contributed by atoms with E-state index in [0.717, 1.165) is 36.1 Å². The molecule has 0 spiro atoms. The Hall–Kier alpha value is -2.29. The summed E-state index contributed by atoms with van der Waals surface area (Å²) in [5.74, 6) is -0.850. The van der Waals surface area contributed by atoms with E-state index in [-0.39, 0.29) is 18.3 Å². The monoisotopic (exact) mass is 425 g/mol. The summed E-state index contributed by atoms with van der Waals surface area (Å²) in [7, 11) is 0. The summed E-state index contributed by atoms with van der Waals surface area (Å²) in [5.41, 5.74) is 1.50. The van der Waals surface area contributed by atoms with Crippen LogP contribution in [0.5, 0.6) is 0 Å². The van der Waals surface area contributed by atoms with E-state index in [9.17, 15) is 18.4 Å². The van der Waals surface area contributed by atoms with Gasteiger partial charge in [0.2, 0.25) is 5.91 Å². The average molecular weight is 426 g/mol. The van der Waals surface area contributed by atoms with E-state index >= 15 is 0 Å². The van der Waals surface area contributed by atoms with Crippen LogP contribution < -0.4 is 5.32 Å². The average Bonchev–Trinajstić information content (AvgIpc) is 3.21. The number of carbonyl (C=O) groups is 2. The summed E-state index contributed by atoms with van der Waals surface area (Å²) < 4.78 is 32.4. The third-order valence-electron chi connectivity index (χ3n) is 5.03. The third-order valence-corrected chi connectivity index (χ3v) is 6.24. The van der Waals surface area contributed by atoms with Crippen LogP contribution in [0.1, 0.15) is 71.7 Å². The number of nitrogens with zero attached hydrogens (tertiary/aromatic N) is 2. The highest BCUT2D eigenvalue weighted by molar-refractivity contribution is 7.17. The number of ether oxygens (including phenoxy) is 1. The van der Waals surface area contributed by atoms with Crippen molar-refractivity contribution in [2.24, 2.45) is 0 Å². The summed E-state index contributed by atoms with van der Waals surface area (Å²) in [6, 6.07) is 1.26. The van der Waals surface area contributed by atoms with Crippen LogP contribution in [0, 0.1) is 6.92 Å². The van der Waals surface area contributed by atoms with Crippen molar-refractivity contribution in [1.82, 2.24) is 9.78 Å². The van der Waals surface area contributed by atoms with Crippen LogP contribution in [0.2, 0.25) is 0 Å². The fourth-order valence-electron chi connectivity index (χ4n) is 3.30. The Morgan fingerprint density at radius 2 is 2.07 bits per heavy atom. The lowest BCUT2D eigenvalue weighted by molar-refractivity contribution is -0.116. The van der Waals surface area contributed by atoms with Crippen LogP contribution in [-0.2, 0) is 28.9 Å². The Kier molecular flexibility index (Phi) is 6.66. The largest absolute Gasteiger partial charge is 0.459 e. The van der Waals surface area contributed by atoms with Gasteiger partial charge >= 0.3 is 5.97 Å². The van der Waals surface area contributed by atoms with E-state index in [4.69, 9.17) is 4.74 Å². The number of aryl methyl sites for hydroxylation is 2. The number of nitrogens with one attached hydrogen (secondary N) is 1. The highest BCUT2D eigenvalue weighted by atomic mass is 32.1. The van der Waals surface area contributed by atoms with Gasteiger partial charge in [-0.15, -0.1) is 11.3 Å². The molecule has 2 aromatic heterocycles. The van der Waals surface area contributed by atoms with Gasteiger partial charge in [0.05, 0.1) is 11.7 Å². The SMILES string of the molecule is CCC(C)OC(=O)c1c(NC(=O)Cn2nc(C(F)F)cc2C)sc2c1CCCC2. The second-order valence-electron chi connectivity index (χ2n) is 7.26. The quantitative estimate of drug-likeness (QED) is 0.655. The smallest absolute Gasteiger partial charge is 0.341 e. The first-order valence-electron chi connectivity index (χ1n) is 9.78. The van der Waals surface area contributed by atoms with E-state index in [1.54, 1.807) is 6.92 Å². The Morgan fingerprint density at radius 3 is 2.72 bits per heavy atom. The van der Waals surface area contributed by atoms with Crippen molar-refractivity contribution in [2.45, 2.75) is 71.9 Å². The fourth-order valence-corrected chi connectivity index (χ4v) is 4.59. The number of rotatable bonds is 7. The van der Waals surface area contributed by atoms with E-state index in [1.165, 1.54) is 22.1 Å². The van der Waals surface area contributed by atoms with Crippen LogP contribution in [0.4, 0.5) is 13.8 Å². The molecule has 29 heavy (non-hydrogen) atoms. The zero-order chi connectivity index (χ0) is 21.1. The molecule has 0 radical (unpaired) electrons. The molecule has 6 nitrogen and oxygen atoms in total. The molecular weight excluding hydrogens is 400 g/mol. The maximum atomic E-state index is 12.8. The predicted molar refractivity (Wildman–Crippen MR) is 107 cm³/mol. The maximum absolute atomic E-state index is 12.8. The number of halogens is 2. The minimum atomic E-state index is -2.69. The number of hydrogen-bond acceptors (Lipinski definition) is 5. The molecule has 2 heterocycles. The zero-order valence-corrected chi connectivity index (χ0v) is 17.6. The zero-order valence-electron chi connectivity index (χ0n) is 16.8. The van der Waals surface area contributed by atoms with Gasteiger partial charge in [0.1, 0.15) is 17.2 Å². The van der Waals surface area contributed by atoms with Gasteiger partial charge in [0.25, 0.3) is 6.43 Å². The first-order chi connectivity index (χ1) is 13.8. The molecule has 158 valence electrons. The number of esters is 1. The van der Waals surface area contributed by atoms with E-state index in [0.29, 0.717) is 22.7 Å². The highest BCUT2D eigenvalue weighted by Crippen LogP contribution is 2.38. The summed E-state index contributed by atoms with van der Waals surface area (Å²) in [6.45, 7) is 5.17. The van der Waals surface area contributed by atoms with Crippen LogP contribution >= 0.6 is 11.3 Å². The van der Waals surface area contributed by atoms with Gasteiger partial charge in [-0.25, -0.2) is 13.6 Å². The summed E-state index contributed by atoms with van der Waals surface area (Å²) >= 11 is 1.40. The molecule has 0 aromatic carbocycles. The molecule has 1 unspecified atom stereocenters. The molecule has 0 fully saturated rings. The second-order valence-corrected chi connectivity index (χ2v) is 8.36. The number of carbonyl (C=O) groups excluding carboxylic acids is 2. The van der Waals surface area contributed by atoms with E-state index in [1.807, 2.05) is 13.8 Å². The number of aromatic nitrogens is 2. The molecular formula is C20H25F2N3O3S. The van der Waals surface area contributed by atoms with Gasteiger partial charge in [0, 0.05) is 10.6 Å². The molecule has 0 aliphatic heterocycles. The number of alkyl halides is 2. The number of anilines is 1. The Labute approximate surface area is 172 Å². The molecule has 1 amide bonds. The van der Waals surface area contributed by atoms with Gasteiger partial charge in [-0.05, 0) is 57.6 Å². The molecule has 0 saturated heterocycles. The summed E-state index contributed by atoms with van der Waals surface area (Å²) in [5, 5.41) is 7.03. The molecule has 1 aliphatic carbocycles. The molecule has 1 aliphatic rings. The number of fused-ring (bicyclic) bond motifs is 1. The molecule has 0 bridgehead atoms. The minimum Gasteiger partial charge on any atom is -0.459 e. The van der Waals surface area contributed by atoms with Crippen molar-refractivity contribution < 1.29 is 23.1 Å². The summed E-state index contributed by atoms with van der Waals surface area (Å²) in [4.78, 5) is 26.4. The van der Waals surface area contributed by atoms with Crippen LogP contribution in [0.15, 0.2) is 6.07 Å². The van der Waals surface area contributed by atoms with Crippen LogP contribution in [0.3, 0.4) is 0 Å². The number of hydrogen-bond donors (Lipinski definition) is 1. The van der Waals surface area contributed by atoms with Gasteiger partial charge < -0.3 is 10.1 Å². The van der Waals surface area contributed by atoms with Gasteiger partial charge in [-0.1, -0.05) is 6.92 Å². The Morgan fingerprint density at radius 1 is 1.34 bits per heavy atom. The highest BCUT2D eigenvalue weighted by Gasteiger charge is 2.28. The van der Waals surface area contributed by atoms with E-state index in [2.05, 4.69) is 10.4 Å². The van der Waals surface area contributed by atoms with Crippen LogP contribution in [0.25, 0.3) is 0 Å². The molecule has 1 atom stereocenters. The normalized spacial score (nSPS) is 14.6. The Balaban J connectivity index is 1.81. The lowest BCUT2D eigenvalue weighted by atomic mass is 9.95. The van der Waals surface area contributed by atoms with Crippen molar-refractivity contribution in [1.29, 1.82) is 0 Å².